The number of hydrogen-bond donors (Lipinski definition) is 1. The third kappa shape index (κ3) is 4.99. The highest BCUT2D eigenvalue weighted by atomic mass is 16.8. The van der Waals surface area contributed by atoms with Gasteiger partial charge in [-0.15, -0.1) is 0 Å². The van der Waals surface area contributed by atoms with E-state index in [4.69, 9.17) is 14.2 Å². The van der Waals surface area contributed by atoms with Crippen molar-refractivity contribution >= 4 is 0 Å². The van der Waals surface area contributed by atoms with Crippen LogP contribution in [0.15, 0.2) is 60.7 Å². The Hall–Kier alpha value is -2.04. The highest BCUT2D eigenvalue weighted by molar-refractivity contribution is 5.21. The smallest absolute Gasteiger partial charge is 0.313 e. The molecule has 0 amide bonds. The van der Waals surface area contributed by atoms with Crippen LogP contribution in [0.3, 0.4) is 0 Å². The predicted octanol–water partition coefficient (Wildman–Crippen LogP) is 2.44. The second-order valence-electron chi connectivity index (χ2n) is 3.77. The first-order chi connectivity index (χ1) is 9.34. The van der Waals surface area contributed by atoms with Gasteiger partial charge in [-0.05, 0) is 24.3 Å². The van der Waals surface area contributed by atoms with Gasteiger partial charge in [-0.1, -0.05) is 36.4 Å². The van der Waals surface area contributed by atoms with E-state index in [9.17, 15) is 5.11 Å². The Morgan fingerprint density at radius 1 is 0.789 bits per heavy atom. The van der Waals surface area contributed by atoms with Gasteiger partial charge in [-0.25, -0.2) is 0 Å². The van der Waals surface area contributed by atoms with Crippen LogP contribution in [0.2, 0.25) is 0 Å². The summed E-state index contributed by atoms with van der Waals surface area (Å²) in [5.74, 6) is 1.32. The summed E-state index contributed by atoms with van der Waals surface area (Å²) < 4.78 is 15.6. The van der Waals surface area contributed by atoms with Crippen molar-refractivity contribution in [2.75, 3.05) is 13.2 Å². The van der Waals surface area contributed by atoms with Gasteiger partial charge in [-0.2, -0.15) is 0 Å². The molecule has 0 radical (unpaired) electrons. The number of aliphatic hydroxyl groups is 1. The zero-order valence-electron chi connectivity index (χ0n) is 10.4. The van der Waals surface area contributed by atoms with Crippen molar-refractivity contribution in [3.8, 4) is 11.5 Å². The van der Waals surface area contributed by atoms with Gasteiger partial charge in [0, 0.05) is 0 Å². The van der Waals surface area contributed by atoms with Crippen LogP contribution in [0.5, 0.6) is 11.5 Å². The lowest BCUT2D eigenvalue weighted by molar-refractivity contribution is -0.218. The van der Waals surface area contributed by atoms with E-state index in [0.717, 1.165) is 5.75 Å². The first-order valence-electron chi connectivity index (χ1n) is 6.04. The molecule has 1 N–H and O–H groups in total. The lowest BCUT2D eigenvalue weighted by Crippen LogP contribution is -2.22. The van der Waals surface area contributed by atoms with E-state index in [2.05, 4.69) is 0 Å². The normalized spacial score (nSPS) is 11.8. The van der Waals surface area contributed by atoms with Crippen molar-refractivity contribution in [2.45, 2.75) is 6.48 Å². The summed E-state index contributed by atoms with van der Waals surface area (Å²) in [6, 6.07) is 18.4. The molecule has 2 aromatic rings. The summed E-state index contributed by atoms with van der Waals surface area (Å²) in [5, 5.41) is 9.50. The van der Waals surface area contributed by atoms with Crippen molar-refractivity contribution < 1.29 is 19.3 Å². The number of benzene rings is 2. The van der Waals surface area contributed by atoms with E-state index in [1.54, 1.807) is 12.1 Å². The van der Waals surface area contributed by atoms with Gasteiger partial charge in [0.05, 0.1) is 6.61 Å². The summed E-state index contributed by atoms with van der Waals surface area (Å²) in [6.45, 7) is -0.705. The summed E-state index contributed by atoms with van der Waals surface area (Å²) in [6.07, 6.45) is 0. The molecule has 0 spiro atoms. The maximum absolute atomic E-state index is 9.50. The molecule has 100 valence electrons. The number of rotatable bonds is 7. The van der Waals surface area contributed by atoms with E-state index in [1.165, 1.54) is 0 Å². The van der Waals surface area contributed by atoms with Crippen LogP contribution in [0.1, 0.15) is 0 Å². The number of hydrogen-bond acceptors (Lipinski definition) is 4. The zero-order valence-corrected chi connectivity index (χ0v) is 10.4. The maximum Gasteiger partial charge on any atom is 0.313 e. The van der Waals surface area contributed by atoms with Gasteiger partial charge in [0.1, 0.15) is 18.1 Å². The Kier molecular flexibility index (Phi) is 5.22. The van der Waals surface area contributed by atoms with Crippen LogP contribution in [0, 0.1) is 0 Å². The van der Waals surface area contributed by atoms with Crippen LogP contribution in [0.4, 0.5) is 0 Å². The van der Waals surface area contributed by atoms with E-state index in [-0.39, 0.29) is 6.61 Å². The van der Waals surface area contributed by atoms with Crippen molar-refractivity contribution in [1.29, 1.82) is 0 Å². The average Bonchev–Trinajstić information content (AvgIpc) is 2.46. The minimum absolute atomic E-state index is 0.239. The molecule has 0 saturated carbocycles. The Balaban J connectivity index is 1.63. The first kappa shape index (κ1) is 13.4. The average molecular weight is 260 g/mol. The zero-order chi connectivity index (χ0) is 13.3. The monoisotopic (exact) mass is 260 g/mol. The SMILES string of the molecule is OC(OCCOc1ccccc1)Oc1ccccc1. The summed E-state index contributed by atoms with van der Waals surface area (Å²) in [7, 11) is 0. The highest BCUT2D eigenvalue weighted by Gasteiger charge is 2.05. The van der Waals surface area contributed by atoms with Crippen LogP contribution in [0.25, 0.3) is 0 Å². The third-order valence-corrected chi connectivity index (χ3v) is 2.34. The standard InChI is InChI=1S/C15H16O4/c16-15(19-14-9-5-2-6-10-14)18-12-11-17-13-7-3-1-4-8-13/h1-10,15-16H,11-12H2. The molecule has 0 bridgehead atoms. The van der Waals surface area contributed by atoms with Crippen molar-refractivity contribution in [1.82, 2.24) is 0 Å². The molecule has 4 heteroatoms. The molecule has 0 aliphatic heterocycles. The number of aliphatic hydroxyl groups excluding tert-OH is 1. The van der Waals surface area contributed by atoms with E-state index >= 15 is 0 Å². The Morgan fingerprint density at radius 3 is 2.00 bits per heavy atom. The Morgan fingerprint density at radius 2 is 1.37 bits per heavy atom. The second-order valence-corrected chi connectivity index (χ2v) is 3.77. The third-order valence-electron chi connectivity index (χ3n) is 2.34. The largest absolute Gasteiger partial charge is 0.491 e. The van der Waals surface area contributed by atoms with Crippen LogP contribution < -0.4 is 9.47 Å². The van der Waals surface area contributed by atoms with Crippen LogP contribution in [-0.2, 0) is 4.74 Å². The fraction of sp³-hybridized carbons (Fsp3) is 0.200. The van der Waals surface area contributed by atoms with Gasteiger partial charge in [-0.3, -0.25) is 0 Å². The minimum atomic E-state index is -1.29. The number of ether oxygens (including phenoxy) is 3. The molecular weight excluding hydrogens is 244 g/mol. The molecule has 0 aromatic heterocycles. The lowest BCUT2D eigenvalue weighted by Gasteiger charge is -2.14. The molecule has 19 heavy (non-hydrogen) atoms. The van der Waals surface area contributed by atoms with Crippen molar-refractivity contribution in [2.24, 2.45) is 0 Å². The molecule has 0 aliphatic rings. The minimum Gasteiger partial charge on any atom is -0.491 e. The molecule has 4 nitrogen and oxygen atoms in total. The molecule has 2 rings (SSSR count). The maximum atomic E-state index is 9.50. The Bertz CT molecular complexity index is 458. The number of para-hydroxylation sites is 2. The molecule has 0 fully saturated rings. The highest BCUT2D eigenvalue weighted by Crippen LogP contribution is 2.11. The molecule has 0 saturated heterocycles. The fourth-order valence-corrected chi connectivity index (χ4v) is 1.47. The fourth-order valence-electron chi connectivity index (χ4n) is 1.47. The van der Waals surface area contributed by atoms with E-state index in [1.807, 2.05) is 48.5 Å². The summed E-state index contributed by atoms with van der Waals surface area (Å²) in [4.78, 5) is 0. The Labute approximate surface area is 112 Å². The van der Waals surface area contributed by atoms with Crippen LogP contribution >= 0.6 is 0 Å². The molecule has 1 atom stereocenters. The van der Waals surface area contributed by atoms with E-state index in [0.29, 0.717) is 12.4 Å². The lowest BCUT2D eigenvalue weighted by atomic mass is 10.3. The molecule has 2 aromatic carbocycles. The van der Waals surface area contributed by atoms with Gasteiger partial charge in [0.15, 0.2) is 0 Å². The topological polar surface area (TPSA) is 47.9 Å². The van der Waals surface area contributed by atoms with Crippen molar-refractivity contribution in [3.63, 3.8) is 0 Å². The van der Waals surface area contributed by atoms with E-state index < -0.39 is 6.48 Å². The molecule has 1 unspecified atom stereocenters. The second kappa shape index (κ2) is 7.41. The molecule has 0 aliphatic carbocycles. The first-order valence-corrected chi connectivity index (χ1v) is 6.04. The summed E-state index contributed by atoms with van der Waals surface area (Å²) >= 11 is 0. The molecular formula is C15H16O4. The van der Waals surface area contributed by atoms with Gasteiger partial charge < -0.3 is 19.3 Å². The predicted molar refractivity (Wildman–Crippen MR) is 71.0 cm³/mol. The van der Waals surface area contributed by atoms with Gasteiger partial charge in [0.2, 0.25) is 0 Å². The quantitative estimate of drug-likeness (QED) is 0.613. The van der Waals surface area contributed by atoms with Crippen molar-refractivity contribution in [3.05, 3.63) is 60.7 Å². The van der Waals surface area contributed by atoms with Gasteiger partial charge >= 0.3 is 6.48 Å². The van der Waals surface area contributed by atoms with Gasteiger partial charge in [0.25, 0.3) is 0 Å². The van der Waals surface area contributed by atoms with Crippen LogP contribution in [-0.4, -0.2) is 24.8 Å². The molecule has 0 heterocycles. The summed E-state index contributed by atoms with van der Waals surface area (Å²) in [5.41, 5.74) is 0.